The second kappa shape index (κ2) is 9.36. The standard InChI is InChI=1S/C27H27N3O3/c1-32-22-10-5-9-20(15-22)23(16-26(31)29-21-12-13-21)24-17-28-27-25(11-6-14-30(24)27)33-18-19-7-3-2-4-8-19/h2-11,14-15,17,21,23H,12-13,16,18H2,1H3,(H,29,31). The Morgan fingerprint density at radius 3 is 2.76 bits per heavy atom. The Balaban J connectivity index is 1.47. The van der Waals surface area contributed by atoms with E-state index in [0.717, 1.165) is 41.1 Å². The van der Waals surface area contributed by atoms with Gasteiger partial charge in [-0.05, 0) is 48.2 Å². The van der Waals surface area contributed by atoms with Crippen LogP contribution in [0.2, 0.25) is 0 Å². The number of fused-ring (bicyclic) bond motifs is 1. The summed E-state index contributed by atoms with van der Waals surface area (Å²) in [4.78, 5) is 17.5. The first kappa shape index (κ1) is 21.1. The average Bonchev–Trinajstić information content (AvgIpc) is 3.56. The number of carbonyl (C=O) groups is 1. The second-order valence-electron chi connectivity index (χ2n) is 8.40. The highest BCUT2D eigenvalue weighted by Gasteiger charge is 2.27. The van der Waals surface area contributed by atoms with E-state index >= 15 is 0 Å². The number of methoxy groups -OCH3 is 1. The van der Waals surface area contributed by atoms with Crippen molar-refractivity contribution in [2.24, 2.45) is 0 Å². The van der Waals surface area contributed by atoms with Crippen molar-refractivity contribution in [2.75, 3.05) is 7.11 Å². The highest BCUT2D eigenvalue weighted by atomic mass is 16.5. The minimum Gasteiger partial charge on any atom is -0.497 e. The van der Waals surface area contributed by atoms with Gasteiger partial charge >= 0.3 is 0 Å². The lowest BCUT2D eigenvalue weighted by atomic mass is 9.92. The van der Waals surface area contributed by atoms with Crippen molar-refractivity contribution in [2.45, 2.75) is 37.8 Å². The van der Waals surface area contributed by atoms with E-state index in [2.05, 4.69) is 10.3 Å². The Morgan fingerprint density at radius 2 is 1.97 bits per heavy atom. The quantitative estimate of drug-likeness (QED) is 0.408. The number of pyridine rings is 1. The first-order valence-electron chi connectivity index (χ1n) is 11.3. The number of aromatic nitrogens is 2. The van der Waals surface area contributed by atoms with E-state index in [1.807, 2.05) is 83.5 Å². The Labute approximate surface area is 193 Å². The highest BCUT2D eigenvalue weighted by molar-refractivity contribution is 5.78. The maximum Gasteiger partial charge on any atom is 0.221 e. The topological polar surface area (TPSA) is 64.9 Å². The summed E-state index contributed by atoms with van der Waals surface area (Å²) in [6.07, 6.45) is 6.28. The maximum absolute atomic E-state index is 12.8. The van der Waals surface area contributed by atoms with Crippen LogP contribution in [0.15, 0.2) is 79.1 Å². The van der Waals surface area contributed by atoms with Crippen molar-refractivity contribution < 1.29 is 14.3 Å². The Morgan fingerprint density at radius 1 is 1.12 bits per heavy atom. The van der Waals surface area contributed by atoms with E-state index in [1.165, 1.54) is 0 Å². The number of ether oxygens (including phenoxy) is 2. The number of rotatable bonds is 9. The number of hydrogen-bond donors (Lipinski definition) is 1. The van der Waals surface area contributed by atoms with Crippen molar-refractivity contribution >= 4 is 11.6 Å². The molecule has 4 aromatic rings. The number of imidazole rings is 1. The van der Waals surface area contributed by atoms with Gasteiger partial charge in [-0.2, -0.15) is 0 Å². The fourth-order valence-corrected chi connectivity index (χ4v) is 4.06. The molecule has 2 aromatic heterocycles. The predicted molar refractivity (Wildman–Crippen MR) is 127 cm³/mol. The van der Waals surface area contributed by atoms with Crippen LogP contribution in [0, 0.1) is 0 Å². The van der Waals surface area contributed by atoms with Gasteiger partial charge in [-0.1, -0.05) is 42.5 Å². The van der Waals surface area contributed by atoms with Gasteiger partial charge in [0.25, 0.3) is 0 Å². The first-order chi connectivity index (χ1) is 16.2. The van der Waals surface area contributed by atoms with Crippen LogP contribution in [-0.2, 0) is 11.4 Å². The van der Waals surface area contributed by atoms with Gasteiger partial charge in [0.2, 0.25) is 5.91 Å². The van der Waals surface area contributed by atoms with Crippen molar-refractivity contribution in [1.82, 2.24) is 14.7 Å². The van der Waals surface area contributed by atoms with Crippen molar-refractivity contribution in [3.8, 4) is 11.5 Å². The van der Waals surface area contributed by atoms with E-state index in [1.54, 1.807) is 7.11 Å². The first-order valence-corrected chi connectivity index (χ1v) is 11.3. The molecule has 1 amide bonds. The molecule has 1 fully saturated rings. The third kappa shape index (κ3) is 4.85. The molecule has 1 atom stereocenters. The summed E-state index contributed by atoms with van der Waals surface area (Å²) in [7, 11) is 1.65. The van der Waals surface area contributed by atoms with Crippen LogP contribution < -0.4 is 14.8 Å². The van der Waals surface area contributed by atoms with Crippen molar-refractivity contribution in [1.29, 1.82) is 0 Å². The Bertz CT molecular complexity index is 1250. The Hall–Kier alpha value is -3.80. The third-order valence-electron chi connectivity index (χ3n) is 5.95. The summed E-state index contributed by atoms with van der Waals surface area (Å²) in [5.41, 5.74) is 3.78. The molecule has 1 aliphatic carbocycles. The smallest absolute Gasteiger partial charge is 0.221 e. The van der Waals surface area contributed by atoms with Crippen LogP contribution >= 0.6 is 0 Å². The van der Waals surface area contributed by atoms with E-state index in [-0.39, 0.29) is 11.8 Å². The van der Waals surface area contributed by atoms with Gasteiger partial charge in [0.1, 0.15) is 12.4 Å². The third-order valence-corrected chi connectivity index (χ3v) is 5.95. The van der Waals surface area contributed by atoms with Crippen LogP contribution in [0.25, 0.3) is 5.65 Å². The minimum atomic E-state index is -0.168. The molecule has 1 unspecified atom stereocenters. The molecule has 0 bridgehead atoms. The molecule has 0 spiro atoms. The summed E-state index contributed by atoms with van der Waals surface area (Å²) < 4.78 is 13.6. The molecule has 6 heteroatoms. The van der Waals surface area contributed by atoms with Gasteiger partial charge in [0.15, 0.2) is 11.4 Å². The fourth-order valence-electron chi connectivity index (χ4n) is 4.06. The summed E-state index contributed by atoms with van der Waals surface area (Å²) in [6.45, 7) is 0.464. The van der Waals surface area contributed by atoms with E-state index < -0.39 is 0 Å². The summed E-state index contributed by atoms with van der Waals surface area (Å²) >= 11 is 0. The number of nitrogens with zero attached hydrogens (tertiary/aromatic N) is 2. The van der Waals surface area contributed by atoms with Gasteiger partial charge in [0, 0.05) is 30.8 Å². The van der Waals surface area contributed by atoms with Crippen molar-refractivity contribution in [3.63, 3.8) is 0 Å². The van der Waals surface area contributed by atoms with Crippen LogP contribution in [0.4, 0.5) is 0 Å². The van der Waals surface area contributed by atoms with Crippen molar-refractivity contribution in [3.05, 3.63) is 95.9 Å². The van der Waals surface area contributed by atoms with Crippen LogP contribution in [-0.4, -0.2) is 28.4 Å². The van der Waals surface area contributed by atoms with E-state index in [4.69, 9.17) is 9.47 Å². The van der Waals surface area contributed by atoms with Gasteiger partial charge in [-0.15, -0.1) is 0 Å². The molecule has 2 heterocycles. The maximum atomic E-state index is 12.8. The summed E-state index contributed by atoms with van der Waals surface area (Å²) in [5.74, 6) is 1.36. The molecule has 0 aliphatic heterocycles. The molecule has 6 nitrogen and oxygen atoms in total. The Kier molecular flexibility index (Phi) is 5.98. The largest absolute Gasteiger partial charge is 0.497 e. The SMILES string of the molecule is COc1cccc(C(CC(=O)NC2CC2)c2cnc3c(OCc4ccccc4)cccn23)c1. The molecule has 33 heavy (non-hydrogen) atoms. The fraction of sp³-hybridized carbons (Fsp3) is 0.259. The number of carbonyl (C=O) groups excluding carboxylic acids is 1. The molecule has 0 radical (unpaired) electrons. The molecule has 1 N–H and O–H groups in total. The molecule has 1 saturated carbocycles. The molecule has 1 aliphatic rings. The zero-order valence-electron chi connectivity index (χ0n) is 18.6. The summed E-state index contributed by atoms with van der Waals surface area (Å²) in [5, 5.41) is 3.12. The van der Waals surface area contributed by atoms with E-state index in [9.17, 15) is 4.79 Å². The number of benzene rings is 2. The molecular formula is C27H27N3O3. The highest BCUT2D eigenvalue weighted by Crippen LogP contribution is 2.33. The normalized spacial score (nSPS) is 14.1. The van der Waals surface area contributed by atoms with Crippen LogP contribution in [0.5, 0.6) is 11.5 Å². The lowest BCUT2D eigenvalue weighted by Gasteiger charge is -2.18. The summed E-state index contributed by atoms with van der Waals surface area (Å²) in [6, 6.07) is 22.1. The molecule has 168 valence electrons. The van der Waals surface area contributed by atoms with E-state index in [0.29, 0.717) is 24.8 Å². The number of nitrogens with one attached hydrogen (secondary N) is 1. The predicted octanol–water partition coefficient (Wildman–Crippen LogP) is 4.72. The van der Waals surface area contributed by atoms with Gasteiger partial charge < -0.3 is 19.2 Å². The monoisotopic (exact) mass is 441 g/mol. The van der Waals surface area contributed by atoms with Crippen LogP contribution in [0.1, 0.15) is 42.0 Å². The average molecular weight is 442 g/mol. The second-order valence-corrected chi connectivity index (χ2v) is 8.40. The van der Waals surface area contributed by atoms with Gasteiger partial charge in [-0.25, -0.2) is 4.98 Å². The molecule has 0 saturated heterocycles. The molecule has 2 aromatic carbocycles. The number of hydrogen-bond acceptors (Lipinski definition) is 4. The molecule has 5 rings (SSSR count). The lowest BCUT2D eigenvalue weighted by Crippen LogP contribution is -2.27. The zero-order chi connectivity index (χ0) is 22.6. The minimum absolute atomic E-state index is 0.0525. The van der Waals surface area contributed by atoms with Gasteiger partial charge in [0.05, 0.1) is 12.8 Å². The lowest BCUT2D eigenvalue weighted by molar-refractivity contribution is -0.121. The van der Waals surface area contributed by atoms with Crippen LogP contribution in [0.3, 0.4) is 0 Å². The zero-order valence-corrected chi connectivity index (χ0v) is 18.6. The molecular weight excluding hydrogens is 414 g/mol. The number of amides is 1. The van der Waals surface area contributed by atoms with Gasteiger partial charge in [-0.3, -0.25) is 4.79 Å².